The predicted molar refractivity (Wildman–Crippen MR) is 78.1 cm³/mol. The summed E-state index contributed by atoms with van der Waals surface area (Å²) in [5, 5.41) is 0.912. The summed E-state index contributed by atoms with van der Waals surface area (Å²) < 4.78 is 15.7. The zero-order valence-electron chi connectivity index (χ0n) is 11.5. The van der Waals surface area contributed by atoms with Crippen LogP contribution in [0.4, 0.5) is 0 Å². The molecule has 0 N–H and O–H groups in total. The summed E-state index contributed by atoms with van der Waals surface area (Å²) in [6, 6.07) is 3.38. The van der Waals surface area contributed by atoms with Crippen molar-refractivity contribution in [2.45, 2.75) is 19.3 Å². The number of halogens is 1. The Labute approximate surface area is 122 Å². The Bertz CT molecular complexity index is 406. The van der Waals surface area contributed by atoms with E-state index in [9.17, 15) is 4.79 Å². The van der Waals surface area contributed by atoms with Gasteiger partial charge in [-0.3, -0.25) is 4.79 Å². The van der Waals surface area contributed by atoms with Gasteiger partial charge in [-0.1, -0.05) is 15.9 Å². The van der Waals surface area contributed by atoms with Crippen LogP contribution in [-0.2, 0) is 0 Å². The molecule has 1 aromatic carbocycles. The average Bonchev–Trinajstić information content (AvgIpc) is 2.45. The molecule has 0 amide bonds. The number of ether oxygens (including phenoxy) is 3. The molecular formula is C14H19BrO4. The maximum Gasteiger partial charge on any atom is 0.203 e. The highest BCUT2D eigenvalue weighted by molar-refractivity contribution is 9.09. The smallest absolute Gasteiger partial charge is 0.203 e. The highest BCUT2D eigenvalue weighted by Crippen LogP contribution is 2.38. The molecule has 0 radical (unpaired) electrons. The van der Waals surface area contributed by atoms with Gasteiger partial charge in [0.2, 0.25) is 5.75 Å². The second kappa shape index (κ2) is 8.04. The number of benzene rings is 1. The molecule has 0 heterocycles. The summed E-state index contributed by atoms with van der Waals surface area (Å²) in [6.45, 7) is 0. The van der Waals surface area contributed by atoms with Crippen LogP contribution < -0.4 is 14.2 Å². The molecule has 0 saturated heterocycles. The van der Waals surface area contributed by atoms with E-state index >= 15 is 0 Å². The first-order chi connectivity index (χ1) is 9.17. The molecule has 0 bridgehead atoms. The van der Waals surface area contributed by atoms with Crippen LogP contribution in [0.3, 0.4) is 0 Å². The van der Waals surface area contributed by atoms with Crippen molar-refractivity contribution >= 4 is 21.7 Å². The summed E-state index contributed by atoms with van der Waals surface area (Å²) in [6.07, 6.45) is 2.36. The Morgan fingerprint density at radius 1 is 1.05 bits per heavy atom. The highest BCUT2D eigenvalue weighted by atomic mass is 79.9. The van der Waals surface area contributed by atoms with E-state index in [1.807, 2.05) is 0 Å². The lowest BCUT2D eigenvalue weighted by Crippen LogP contribution is -2.02. The fraction of sp³-hybridized carbons (Fsp3) is 0.500. The topological polar surface area (TPSA) is 44.8 Å². The van der Waals surface area contributed by atoms with E-state index in [0.717, 1.165) is 18.2 Å². The molecule has 0 saturated carbocycles. The largest absolute Gasteiger partial charge is 0.493 e. The molecule has 19 heavy (non-hydrogen) atoms. The number of Topliss-reactive ketones (excluding diaryl/α,β-unsaturated/α-hetero) is 1. The van der Waals surface area contributed by atoms with Crippen LogP contribution in [0.5, 0.6) is 17.2 Å². The maximum absolute atomic E-state index is 12.1. The third-order valence-electron chi connectivity index (χ3n) is 2.77. The van der Waals surface area contributed by atoms with Crippen molar-refractivity contribution in [2.24, 2.45) is 0 Å². The molecule has 0 aliphatic rings. The van der Waals surface area contributed by atoms with Gasteiger partial charge < -0.3 is 14.2 Å². The number of carbonyl (C=O) groups excluding carboxylic acids is 1. The van der Waals surface area contributed by atoms with E-state index in [0.29, 0.717) is 29.2 Å². The van der Waals surface area contributed by atoms with Crippen molar-refractivity contribution in [3.63, 3.8) is 0 Å². The van der Waals surface area contributed by atoms with Gasteiger partial charge >= 0.3 is 0 Å². The SMILES string of the molecule is COc1cc(C(=O)CCCCBr)cc(OC)c1OC. The van der Waals surface area contributed by atoms with Gasteiger partial charge in [-0.2, -0.15) is 0 Å². The fourth-order valence-corrected chi connectivity index (χ4v) is 2.16. The van der Waals surface area contributed by atoms with E-state index in [2.05, 4.69) is 15.9 Å². The lowest BCUT2D eigenvalue weighted by Gasteiger charge is -2.13. The summed E-state index contributed by atoms with van der Waals surface area (Å²) in [5.74, 6) is 1.60. The lowest BCUT2D eigenvalue weighted by molar-refractivity contribution is 0.0979. The third kappa shape index (κ3) is 4.13. The minimum Gasteiger partial charge on any atom is -0.493 e. The first-order valence-corrected chi connectivity index (χ1v) is 7.19. The van der Waals surface area contributed by atoms with Crippen LogP contribution in [-0.4, -0.2) is 32.4 Å². The van der Waals surface area contributed by atoms with E-state index in [4.69, 9.17) is 14.2 Å². The first kappa shape index (κ1) is 15.8. The van der Waals surface area contributed by atoms with Crippen LogP contribution in [0.1, 0.15) is 29.6 Å². The van der Waals surface area contributed by atoms with Gasteiger partial charge in [0, 0.05) is 17.3 Å². The zero-order valence-corrected chi connectivity index (χ0v) is 13.1. The molecule has 0 aliphatic carbocycles. The van der Waals surface area contributed by atoms with Crippen molar-refractivity contribution in [1.82, 2.24) is 0 Å². The molecule has 0 atom stereocenters. The number of hydrogen-bond acceptors (Lipinski definition) is 4. The van der Waals surface area contributed by atoms with Gasteiger partial charge in [-0.15, -0.1) is 0 Å². The van der Waals surface area contributed by atoms with Crippen LogP contribution >= 0.6 is 15.9 Å². The summed E-state index contributed by atoms with van der Waals surface area (Å²) in [4.78, 5) is 12.1. The van der Waals surface area contributed by atoms with Gasteiger partial charge in [0.1, 0.15) is 0 Å². The fourth-order valence-electron chi connectivity index (χ4n) is 1.77. The third-order valence-corrected chi connectivity index (χ3v) is 3.33. The molecule has 0 unspecified atom stereocenters. The van der Waals surface area contributed by atoms with Crippen molar-refractivity contribution in [2.75, 3.05) is 26.7 Å². The molecule has 0 aromatic heterocycles. The van der Waals surface area contributed by atoms with E-state index in [-0.39, 0.29) is 5.78 Å². The predicted octanol–water partition coefficient (Wildman–Crippen LogP) is 3.46. The average molecular weight is 331 g/mol. The summed E-state index contributed by atoms with van der Waals surface area (Å²) >= 11 is 3.35. The van der Waals surface area contributed by atoms with E-state index < -0.39 is 0 Å². The second-order valence-corrected chi connectivity index (χ2v) is 4.78. The molecule has 0 spiro atoms. The number of rotatable bonds is 8. The Balaban J connectivity index is 2.98. The monoisotopic (exact) mass is 330 g/mol. The van der Waals surface area contributed by atoms with Gasteiger partial charge in [-0.25, -0.2) is 0 Å². The Hall–Kier alpha value is -1.23. The lowest BCUT2D eigenvalue weighted by atomic mass is 10.0. The molecule has 0 aliphatic heterocycles. The highest BCUT2D eigenvalue weighted by Gasteiger charge is 2.16. The Morgan fingerprint density at radius 3 is 2.05 bits per heavy atom. The van der Waals surface area contributed by atoms with Gasteiger partial charge in [0.25, 0.3) is 0 Å². The molecule has 1 rings (SSSR count). The number of hydrogen-bond donors (Lipinski definition) is 0. The second-order valence-electron chi connectivity index (χ2n) is 3.98. The van der Waals surface area contributed by atoms with Crippen molar-refractivity contribution in [3.05, 3.63) is 17.7 Å². The van der Waals surface area contributed by atoms with Crippen molar-refractivity contribution < 1.29 is 19.0 Å². The molecule has 106 valence electrons. The van der Waals surface area contributed by atoms with Crippen LogP contribution in [0.25, 0.3) is 0 Å². The van der Waals surface area contributed by atoms with E-state index in [1.54, 1.807) is 12.1 Å². The van der Waals surface area contributed by atoms with Crippen molar-refractivity contribution in [1.29, 1.82) is 0 Å². The van der Waals surface area contributed by atoms with Gasteiger partial charge in [0.15, 0.2) is 17.3 Å². The van der Waals surface area contributed by atoms with Crippen LogP contribution in [0.15, 0.2) is 12.1 Å². The number of alkyl halides is 1. The number of ketones is 1. The van der Waals surface area contributed by atoms with Gasteiger partial charge in [-0.05, 0) is 25.0 Å². The number of unbranched alkanes of at least 4 members (excludes halogenated alkanes) is 1. The standard InChI is InChI=1S/C14H19BrO4/c1-17-12-8-10(11(16)6-4-5-7-15)9-13(18-2)14(12)19-3/h8-9H,4-7H2,1-3H3. The minimum atomic E-state index is 0.0835. The van der Waals surface area contributed by atoms with Crippen molar-refractivity contribution in [3.8, 4) is 17.2 Å². The Kier molecular flexibility index (Phi) is 6.70. The van der Waals surface area contributed by atoms with E-state index in [1.165, 1.54) is 21.3 Å². The molecule has 1 aromatic rings. The molecular weight excluding hydrogens is 312 g/mol. The molecule has 5 heteroatoms. The van der Waals surface area contributed by atoms with Crippen LogP contribution in [0.2, 0.25) is 0 Å². The zero-order chi connectivity index (χ0) is 14.3. The first-order valence-electron chi connectivity index (χ1n) is 6.07. The number of carbonyl (C=O) groups is 1. The summed E-state index contributed by atoms with van der Waals surface area (Å²) in [5.41, 5.74) is 0.587. The van der Waals surface area contributed by atoms with Crippen LogP contribution in [0, 0.1) is 0 Å². The minimum absolute atomic E-state index is 0.0835. The molecule has 4 nitrogen and oxygen atoms in total. The van der Waals surface area contributed by atoms with Gasteiger partial charge in [0.05, 0.1) is 21.3 Å². The maximum atomic E-state index is 12.1. The Morgan fingerprint density at radius 2 is 1.63 bits per heavy atom. The molecule has 0 fully saturated rings. The summed E-state index contributed by atoms with van der Waals surface area (Å²) in [7, 11) is 4.62. The quantitative estimate of drug-likeness (QED) is 0.416. The number of methoxy groups -OCH3 is 3. The normalized spacial score (nSPS) is 10.1.